The molecule has 174 valence electrons. The lowest BCUT2D eigenvalue weighted by atomic mass is 9.89. The molecule has 0 saturated heterocycles. The molecule has 1 aliphatic rings. The first-order valence-electron chi connectivity index (χ1n) is 10.7. The normalized spacial score (nSPS) is 13.1. The molecule has 0 spiro atoms. The van der Waals surface area contributed by atoms with Gasteiger partial charge in [0.1, 0.15) is 12.3 Å². The van der Waals surface area contributed by atoms with Gasteiger partial charge in [-0.25, -0.2) is 0 Å². The lowest BCUT2D eigenvalue weighted by Crippen LogP contribution is -2.27. The molecule has 0 radical (unpaired) electrons. The molecule has 1 amide bonds. The molecule has 1 aliphatic carbocycles. The fourth-order valence-corrected chi connectivity index (χ4v) is 3.79. The minimum Gasteiger partial charge on any atom is -0.493 e. The Balaban J connectivity index is 1.68. The van der Waals surface area contributed by atoms with Crippen molar-refractivity contribution in [3.63, 3.8) is 0 Å². The van der Waals surface area contributed by atoms with Crippen molar-refractivity contribution >= 4 is 11.5 Å². The quantitative estimate of drug-likeness (QED) is 0.423. The Labute approximate surface area is 191 Å². The highest BCUT2D eigenvalue weighted by Gasteiger charge is 2.17. The van der Waals surface area contributed by atoms with E-state index in [4.69, 9.17) is 14.7 Å². The van der Waals surface area contributed by atoms with Gasteiger partial charge in [-0.1, -0.05) is 24.3 Å². The molecule has 0 heterocycles. The summed E-state index contributed by atoms with van der Waals surface area (Å²) in [5, 5.41) is 11.4. The van der Waals surface area contributed by atoms with Gasteiger partial charge < -0.3 is 19.5 Å². The summed E-state index contributed by atoms with van der Waals surface area (Å²) in [5.41, 5.74) is 3.85. The van der Waals surface area contributed by atoms with E-state index in [1.165, 1.54) is 12.7 Å². The molecule has 2 aromatic rings. The number of rotatable bonds is 10. The molecular weight excluding hydrogens is 430 g/mol. The summed E-state index contributed by atoms with van der Waals surface area (Å²) in [4.78, 5) is 12.8. The monoisotopic (exact) mass is 456 g/mol. The van der Waals surface area contributed by atoms with Gasteiger partial charge in [-0.15, -0.1) is 0 Å². The summed E-state index contributed by atoms with van der Waals surface area (Å²) >= 11 is 0. The molecule has 0 aromatic heterocycles. The summed E-state index contributed by atoms with van der Waals surface area (Å²) < 4.78 is 40.3. The van der Waals surface area contributed by atoms with Crippen molar-refractivity contribution in [3.05, 3.63) is 64.9 Å². The Morgan fingerprint density at radius 2 is 1.94 bits per heavy atom. The predicted molar refractivity (Wildman–Crippen MR) is 119 cm³/mol. The third-order valence-electron chi connectivity index (χ3n) is 5.41. The van der Waals surface area contributed by atoms with Gasteiger partial charge >= 0.3 is 6.61 Å². The molecule has 2 aromatic carbocycles. The zero-order valence-corrected chi connectivity index (χ0v) is 18.4. The van der Waals surface area contributed by atoms with E-state index in [1.54, 1.807) is 18.2 Å². The van der Waals surface area contributed by atoms with Crippen LogP contribution in [0.3, 0.4) is 0 Å². The first kappa shape index (κ1) is 24.1. The highest BCUT2D eigenvalue weighted by atomic mass is 19.3. The van der Waals surface area contributed by atoms with Gasteiger partial charge in [-0.3, -0.25) is 4.79 Å². The van der Waals surface area contributed by atoms with Gasteiger partial charge in [-0.05, 0) is 66.5 Å². The molecule has 0 saturated carbocycles. The molecule has 6 nitrogen and oxygen atoms in total. The second kappa shape index (κ2) is 11.9. The standard InChI is InChI=1S/C25H26F2N2O4/c1-31-23-14-17(6-9-22(23)32-13-11-28)10-12-29-24(30)21(16-33-25(26)27)20-8-7-18-4-2-3-5-19(18)15-20/h6-9,14-16,25H,2-5,10,12-13H2,1H3,(H,29,30)/b21-16-. The number of fused-ring (bicyclic) bond motifs is 1. The summed E-state index contributed by atoms with van der Waals surface area (Å²) in [6.07, 6.45) is 5.39. The average Bonchev–Trinajstić information content (AvgIpc) is 2.83. The van der Waals surface area contributed by atoms with Crippen molar-refractivity contribution in [2.75, 3.05) is 20.3 Å². The Kier molecular flexibility index (Phi) is 8.64. The minimum atomic E-state index is -3.01. The number of aryl methyl sites for hydroxylation is 2. The predicted octanol–water partition coefficient (Wildman–Crippen LogP) is 4.42. The zero-order chi connectivity index (χ0) is 23.6. The van der Waals surface area contributed by atoms with Crippen molar-refractivity contribution in [1.82, 2.24) is 5.32 Å². The maximum atomic E-state index is 12.8. The molecular formula is C25H26F2N2O4. The van der Waals surface area contributed by atoms with Crippen molar-refractivity contribution in [1.29, 1.82) is 5.26 Å². The van der Waals surface area contributed by atoms with Crippen molar-refractivity contribution < 1.29 is 27.8 Å². The van der Waals surface area contributed by atoms with Gasteiger partial charge in [0.05, 0.1) is 12.7 Å². The van der Waals surface area contributed by atoms with E-state index in [2.05, 4.69) is 10.1 Å². The number of halogens is 2. The summed E-state index contributed by atoms with van der Waals surface area (Å²) in [6, 6.07) is 12.8. The molecule has 0 unspecified atom stereocenters. The van der Waals surface area contributed by atoms with Crippen LogP contribution in [0.25, 0.3) is 5.57 Å². The first-order valence-corrected chi connectivity index (χ1v) is 10.7. The van der Waals surface area contributed by atoms with Crippen LogP contribution in [0.2, 0.25) is 0 Å². The third kappa shape index (κ3) is 6.69. The van der Waals surface area contributed by atoms with Gasteiger partial charge in [0.25, 0.3) is 5.91 Å². The molecule has 33 heavy (non-hydrogen) atoms. The molecule has 0 bridgehead atoms. The maximum absolute atomic E-state index is 12.8. The Morgan fingerprint density at radius 3 is 2.67 bits per heavy atom. The largest absolute Gasteiger partial charge is 0.493 e. The fourth-order valence-electron chi connectivity index (χ4n) is 3.79. The number of carbonyl (C=O) groups excluding carboxylic acids is 1. The van der Waals surface area contributed by atoms with Crippen molar-refractivity contribution in [2.45, 2.75) is 38.7 Å². The molecule has 0 aliphatic heterocycles. The van der Waals surface area contributed by atoms with Crippen LogP contribution in [0.4, 0.5) is 8.78 Å². The number of hydrogen-bond acceptors (Lipinski definition) is 5. The number of benzene rings is 2. The SMILES string of the molecule is COc1cc(CCNC(=O)/C(=C\OC(F)F)c2ccc3c(c2)CCCC3)ccc1OCC#N. The molecule has 0 fully saturated rings. The molecule has 3 rings (SSSR count). The fraction of sp³-hybridized carbons (Fsp3) is 0.360. The van der Waals surface area contributed by atoms with Crippen LogP contribution in [-0.2, 0) is 28.8 Å². The van der Waals surface area contributed by atoms with Gasteiger partial charge in [0.2, 0.25) is 0 Å². The van der Waals surface area contributed by atoms with E-state index in [1.807, 2.05) is 24.3 Å². The highest BCUT2D eigenvalue weighted by Crippen LogP contribution is 2.28. The molecule has 1 N–H and O–H groups in total. The van der Waals surface area contributed by atoms with E-state index >= 15 is 0 Å². The van der Waals surface area contributed by atoms with Gasteiger partial charge in [0, 0.05) is 6.54 Å². The lowest BCUT2D eigenvalue weighted by Gasteiger charge is -2.17. The number of amides is 1. The maximum Gasteiger partial charge on any atom is 0.386 e. The van der Waals surface area contributed by atoms with Crippen LogP contribution >= 0.6 is 0 Å². The number of alkyl halides is 2. The number of nitriles is 1. The number of ether oxygens (including phenoxy) is 3. The Morgan fingerprint density at radius 1 is 1.15 bits per heavy atom. The number of nitrogens with zero attached hydrogens (tertiary/aromatic N) is 1. The number of methoxy groups -OCH3 is 1. The summed E-state index contributed by atoms with van der Waals surface area (Å²) in [7, 11) is 1.50. The second-order valence-electron chi connectivity index (χ2n) is 7.56. The Bertz CT molecular complexity index is 1050. The first-order chi connectivity index (χ1) is 16.0. The Hall–Kier alpha value is -3.60. The summed E-state index contributed by atoms with van der Waals surface area (Å²) in [6.45, 7) is -2.83. The van der Waals surface area contributed by atoms with E-state index in [-0.39, 0.29) is 18.7 Å². The van der Waals surface area contributed by atoms with E-state index in [0.717, 1.165) is 43.1 Å². The zero-order valence-electron chi connectivity index (χ0n) is 18.4. The van der Waals surface area contributed by atoms with Crippen molar-refractivity contribution in [3.8, 4) is 17.6 Å². The topological polar surface area (TPSA) is 80.6 Å². The van der Waals surface area contributed by atoms with Crippen LogP contribution in [0.5, 0.6) is 11.5 Å². The number of hydrogen-bond donors (Lipinski definition) is 1. The van der Waals surface area contributed by atoms with Crippen molar-refractivity contribution in [2.24, 2.45) is 0 Å². The van der Waals surface area contributed by atoms with E-state index in [0.29, 0.717) is 23.5 Å². The van der Waals surface area contributed by atoms with Crippen LogP contribution in [-0.4, -0.2) is 32.8 Å². The van der Waals surface area contributed by atoms with Gasteiger partial charge in [-0.2, -0.15) is 14.0 Å². The van der Waals surface area contributed by atoms with Crippen LogP contribution < -0.4 is 14.8 Å². The highest BCUT2D eigenvalue weighted by molar-refractivity contribution is 6.19. The average molecular weight is 456 g/mol. The van der Waals surface area contributed by atoms with Crippen LogP contribution in [0.1, 0.15) is 35.1 Å². The lowest BCUT2D eigenvalue weighted by molar-refractivity contribution is -0.116. The van der Waals surface area contributed by atoms with Crippen LogP contribution in [0, 0.1) is 11.3 Å². The number of carbonyl (C=O) groups is 1. The second-order valence-corrected chi connectivity index (χ2v) is 7.56. The van der Waals surface area contributed by atoms with Crippen LogP contribution in [0.15, 0.2) is 42.7 Å². The smallest absolute Gasteiger partial charge is 0.386 e. The molecule has 8 heteroatoms. The molecule has 0 atom stereocenters. The number of nitrogens with one attached hydrogen (secondary N) is 1. The van der Waals surface area contributed by atoms with E-state index < -0.39 is 12.5 Å². The minimum absolute atomic E-state index is 0.0569. The van der Waals surface area contributed by atoms with E-state index in [9.17, 15) is 13.6 Å². The van der Waals surface area contributed by atoms with Gasteiger partial charge in [0.15, 0.2) is 18.1 Å². The summed E-state index contributed by atoms with van der Waals surface area (Å²) in [5.74, 6) is 0.440. The third-order valence-corrected chi connectivity index (χ3v) is 5.41.